The van der Waals surface area contributed by atoms with Crippen molar-refractivity contribution >= 4 is 17.5 Å². The Bertz CT molecular complexity index is 1220. The van der Waals surface area contributed by atoms with Gasteiger partial charge in [-0.1, -0.05) is 6.07 Å². The molecule has 0 spiro atoms. The number of nitrogens with one attached hydrogen (secondary N) is 2. The van der Waals surface area contributed by atoms with Crippen LogP contribution in [0.3, 0.4) is 0 Å². The molecule has 1 aromatic heterocycles. The monoisotopic (exact) mass is 473 g/mol. The lowest BCUT2D eigenvalue weighted by molar-refractivity contribution is 0.0642. The second-order valence-electron chi connectivity index (χ2n) is 8.13. The summed E-state index contributed by atoms with van der Waals surface area (Å²) >= 11 is 0. The van der Waals surface area contributed by atoms with Gasteiger partial charge in [-0.05, 0) is 54.7 Å². The Kier molecular flexibility index (Phi) is 7.75. The third kappa shape index (κ3) is 5.86. The van der Waals surface area contributed by atoms with E-state index in [1.165, 1.54) is 7.11 Å². The number of nitrogens with zero attached hydrogens (tertiary/aromatic N) is 3. The number of amides is 1. The molecule has 0 bridgehead atoms. The highest BCUT2D eigenvalue weighted by Gasteiger charge is 2.16. The highest BCUT2D eigenvalue weighted by atomic mass is 16.5. The maximum atomic E-state index is 12.7. The van der Waals surface area contributed by atoms with E-state index in [-0.39, 0.29) is 5.91 Å². The van der Waals surface area contributed by atoms with Crippen molar-refractivity contribution in [3.63, 3.8) is 0 Å². The van der Waals surface area contributed by atoms with Gasteiger partial charge >= 0.3 is 0 Å². The van der Waals surface area contributed by atoms with E-state index in [0.29, 0.717) is 46.7 Å². The molecule has 0 saturated carbocycles. The van der Waals surface area contributed by atoms with E-state index in [2.05, 4.69) is 26.7 Å². The van der Waals surface area contributed by atoms with Gasteiger partial charge in [-0.3, -0.25) is 4.79 Å². The molecule has 0 aliphatic carbocycles. The molecule has 1 saturated heterocycles. The van der Waals surface area contributed by atoms with Gasteiger partial charge < -0.3 is 24.8 Å². The van der Waals surface area contributed by atoms with Crippen molar-refractivity contribution in [1.29, 1.82) is 5.26 Å². The number of benzene rings is 2. The molecule has 1 fully saturated rings. The predicted molar refractivity (Wildman–Crippen MR) is 131 cm³/mol. The molecule has 2 aromatic carbocycles. The van der Waals surface area contributed by atoms with Crippen molar-refractivity contribution in [2.45, 2.75) is 12.8 Å². The lowest BCUT2D eigenvalue weighted by Gasteiger charge is -2.22. The Morgan fingerprint density at radius 2 is 1.80 bits per heavy atom. The maximum Gasteiger partial charge on any atom is 0.251 e. The van der Waals surface area contributed by atoms with Crippen molar-refractivity contribution in [2.24, 2.45) is 5.92 Å². The first-order valence-corrected chi connectivity index (χ1v) is 11.3. The van der Waals surface area contributed by atoms with E-state index < -0.39 is 0 Å². The number of hydrogen-bond acceptors (Lipinski definition) is 8. The third-order valence-electron chi connectivity index (χ3n) is 5.91. The number of carbonyl (C=O) groups excluding carboxylic acids is 1. The standard InChI is InChI=1S/C26H27N5O4/c1-33-23-6-5-19(25(32)28-14-17-7-9-35-10-8-17)11-22(23)31-26-29-15-21(16-30-26)18-3-4-20(13-27)24(12-18)34-2/h3-6,11-12,15-17H,7-10,14H2,1-2H3,(H,28,32)(H,29,30,31). The van der Waals surface area contributed by atoms with E-state index in [1.807, 2.05) is 6.07 Å². The van der Waals surface area contributed by atoms with Gasteiger partial charge in [0.1, 0.15) is 17.6 Å². The van der Waals surface area contributed by atoms with Crippen LogP contribution in [0.2, 0.25) is 0 Å². The number of anilines is 2. The SMILES string of the molecule is COc1cc(-c2cnc(Nc3cc(C(=O)NCC4CCOCC4)ccc3OC)nc2)ccc1C#N. The van der Waals surface area contributed by atoms with Crippen molar-refractivity contribution in [3.8, 4) is 28.7 Å². The number of hydrogen-bond donors (Lipinski definition) is 2. The fourth-order valence-corrected chi connectivity index (χ4v) is 3.86. The summed E-state index contributed by atoms with van der Waals surface area (Å²) in [5.41, 5.74) is 3.15. The molecule has 180 valence electrons. The normalized spacial score (nSPS) is 13.5. The molecule has 2 N–H and O–H groups in total. The van der Waals surface area contributed by atoms with E-state index >= 15 is 0 Å². The number of methoxy groups -OCH3 is 2. The van der Waals surface area contributed by atoms with Gasteiger partial charge in [0.05, 0.1) is 25.5 Å². The molecule has 4 rings (SSSR count). The Hall–Kier alpha value is -4.16. The van der Waals surface area contributed by atoms with Crippen LogP contribution in [0.5, 0.6) is 11.5 Å². The van der Waals surface area contributed by atoms with Crippen LogP contribution in [-0.4, -0.2) is 49.9 Å². The summed E-state index contributed by atoms with van der Waals surface area (Å²) in [7, 11) is 3.09. The topological polar surface area (TPSA) is 118 Å². The lowest BCUT2D eigenvalue weighted by atomic mass is 10.0. The first-order chi connectivity index (χ1) is 17.1. The lowest BCUT2D eigenvalue weighted by Crippen LogP contribution is -2.32. The van der Waals surface area contributed by atoms with Crippen LogP contribution in [0.1, 0.15) is 28.8 Å². The molecule has 2 heterocycles. The molecule has 0 atom stereocenters. The second-order valence-corrected chi connectivity index (χ2v) is 8.13. The molecular formula is C26H27N5O4. The van der Waals surface area contributed by atoms with Crippen LogP contribution in [-0.2, 0) is 4.74 Å². The van der Waals surface area contributed by atoms with Crippen LogP contribution in [0, 0.1) is 17.2 Å². The maximum absolute atomic E-state index is 12.7. The first kappa shape index (κ1) is 24.0. The molecule has 1 amide bonds. The fourth-order valence-electron chi connectivity index (χ4n) is 3.86. The minimum atomic E-state index is -0.145. The summed E-state index contributed by atoms with van der Waals surface area (Å²) in [6, 6.07) is 12.6. The van der Waals surface area contributed by atoms with Crippen molar-refractivity contribution in [2.75, 3.05) is 39.3 Å². The Morgan fingerprint density at radius 3 is 2.49 bits per heavy atom. The molecule has 1 aliphatic heterocycles. The minimum Gasteiger partial charge on any atom is -0.495 e. The Balaban J connectivity index is 1.47. The van der Waals surface area contributed by atoms with Crippen molar-refractivity contribution in [1.82, 2.24) is 15.3 Å². The highest BCUT2D eigenvalue weighted by Crippen LogP contribution is 2.29. The smallest absolute Gasteiger partial charge is 0.251 e. The molecule has 35 heavy (non-hydrogen) atoms. The van der Waals surface area contributed by atoms with Gasteiger partial charge in [0.2, 0.25) is 5.95 Å². The van der Waals surface area contributed by atoms with E-state index in [4.69, 9.17) is 14.2 Å². The van der Waals surface area contributed by atoms with Crippen LogP contribution in [0.4, 0.5) is 11.6 Å². The summed E-state index contributed by atoms with van der Waals surface area (Å²) in [5.74, 6) is 1.70. The highest BCUT2D eigenvalue weighted by molar-refractivity contribution is 5.95. The number of ether oxygens (including phenoxy) is 3. The number of aromatic nitrogens is 2. The average molecular weight is 474 g/mol. The number of rotatable bonds is 8. The quantitative estimate of drug-likeness (QED) is 0.505. The fraction of sp³-hybridized carbons (Fsp3) is 0.308. The zero-order valence-corrected chi connectivity index (χ0v) is 19.7. The summed E-state index contributed by atoms with van der Waals surface area (Å²) in [4.78, 5) is 21.5. The number of nitriles is 1. The molecule has 9 nitrogen and oxygen atoms in total. The Labute approximate surface area is 204 Å². The zero-order chi connectivity index (χ0) is 24.6. The van der Waals surface area contributed by atoms with Gasteiger partial charge in [-0.15, -0.1) is 0 Å². The van der Waals surface area contributed by atoms with E-state index in [0.717, 1.165) is 37.2 Å². The summed E-state index contributed by atoms with van der Waals surface area (Å²) in [6.45, 7) is 2.12. The Morgan fingerprint density at radius 1 is 1.06 bits per heavy atom. The predicted octanol–water partition coefficient (Wildman–Crippen LogP) is 3.93. The van der Waals surface area contributed by atoms with E-state index in [9.17, 15) is 10.1 Å². The van der Waals surface area contributed by atoms with Gasteiger partial charge in [0.15, 0.2) is 0 Å². The summed E-state index contributed by atoms with van der Waals surface area (Å²) in [5, 5.41) is 15.3. The van der Waals surface area contributed by atoms with Crippen molar-refractivity contribution < 1.29 is 19.0 Å². The molecule has 0 radical (unpaired) electrons. The van der Waals surface area contributed by atoms with Crippen LogP contribution in [0.25, 0.3) is 11.1 Å². The van der Waals surface area contributed by atoms with Crippen LogP contribution < -0.4 is 20.1 Å². The van der Waals surface area contributed by atoms with Gasteiger partial charge in [-0.25, -0.2) is 9.97 Å². The van der Waals surface area contributed by atoms with Crippen LogP contribution in [0.15, 0.2) is 48.8 Å². The number of carbonyl (C=O) groups is 1. The molecule has 9 heteroatoms. The van der Waals surface area contributed by atoms with E-state index in [1.54, 1.807) is 49.8 Å². The summed E-state index contributed by atoms with van der Waals surface area (Å²) < 4.78 is 16.1. The first-order valence-electron chi connectivity index (χ1n) is 11.3. The molecule has 0 unspecified atom stereocenters. The third-order valence-corrected chi connectivity index (χ3v) is 5.91. The van der Waals surface area contributed by atoms with Gasteiger partial charge in [-0.2, -0.15) is 5.26 Å². The van der Waals surface area contributed by atoms with Crippen LogP contribution >= 0.6 is 0 Å². The molecular weight excluding hydrogens is 446 g/mol. The summed E-state index contributed by atoms with van der Waals surface area (Å²) in [6.07, 6.45) is 5.26. The molecule has 3 aromatic rings. The largest absolute Gasteiger partial charge is 0.495 e. The molecule has 1 aliphatic rings. The average Bonchev–Trinajstić information content (AvgIpc) is 2.92. The zero-order valence-electron chi connectivity index (χ0n) is 19.7. The minimum absolute atomic E-state index is 0.145. The second kappa shape index (κ2) is 11.3. The van der Waals surface area contributed by atoms with Gasteiger partial charge in [0, 0.05) is 43.3 Å². The van der Waals surface area contributed by atoms with Crippen molar-refractivity contribution in [3.05, 3.63) is 59.9 Å². The van der Waals surface area contributed by atoms with Gasteiger partial charge in [0.25, 0.3) is 5.91 Å².